The van der Waals surface area contributed by atoms with Gasteiger partial charge in [0.15, 0.2) is 5.17 Å². The van der Waals surface area contributed by atoms with Gasteiger partial charge in [0.25, 0.3) is 0 Å². The van der Waals surface area contributed by atoms with Crippen LogP contribution in [-0.4, -0.2) is 24.0 Å². The average molecular weight is 245 g/mol. The van der Waals surface area contributed by atoms with Crippen LogP contribution in [-0.2, 0) is 0 Å². The van der Waals surface area contributed by atoms with Crippen LogP contribution in [0.3, 0.4) is 0 Å². The van der Waals surface area contributed by atoms with E-state index in [4.69, 9.17) is 5.41 Å². The number of thioether (sulfide) groups is 1. The van der Waals surface area contributed by atoms with E-state index in [1.165, 1.54) is 43.9 Å². The maximum absolute atomic E-state index is 11.2. The fourth-order valence-electron chi connectivity index (χ4n) is 1.31. The molecule has 0 radical (unpaired) electrons. The molecule has 0 rings (SSSR count). The number of hydrogen-bond acceptors (Lipinski definition) is 3. The minimum Gasteiger partial charge on any atom is -0.338 e. The number of nitrogens with one attached hydrogen (secondary N) is 3. The fraction of sp³-hybridized carbons (Fsp3) is 0.818. The Morgan fingerprint density at radius 1 is 1.19 bits per heavy atom. The first-order chi connectivity index (χ1) is 7.70. The zero-order valence-corrected chi connectivity index (χ0v) is 11.1. The van der Waals surface area contributed by atoms with Gasteiger partial charge in [0.1, 0.15) is 0 Å². The highest BCUT2D eigenvalue weighted by molar-refractivity contribution is 8.13. The third-order valence-corrected chi connectivity index (χ3v) is 2.76. The number of carbonyl (C=O) groups is 1. The number of rotatable bonds is 7. The van der Waals surface area contributed by atoms with Gasteiger partial charge in [-0.1, -0.05) is 50.8 Å². The van der Waals surface area contributed by atoms with Gasteiger partial charge in [-0.05, 0) is 12.7 Å². The molecule has 16 heavy (non-hydrogen) atoms. The van der Waals surface area contributed by atoms with Crippen LogP contribution in [0.1, 0.15) is 45.4 Å². The molecule has 0 saturated heterocycles. The number of amides is 2. The lowest BCUT2D eigenvalue weighted by Gasteiger charge is -2.06. The Hall–Kier alpha value is -0.710. The number of unbranched alkanes of at least 4 members (excludes halogenated alkanes) is 5. The molecule has 0 heterocycles. The molecule has 0 aliphatic carbocycles. The van der Waals surface area contributed by atoms with Gasteiger partial charge in [0.2, 0.25) is 0 Å². The summed E-state index contributed by atoms with van der Waals surface area (Å²) in [6.07, 6.45) is 9.05. The molecule has 0 aromatic carbocycles. The lowest BCUT2D eigenvalue weighted by atomic mass is 10.1. The second kappa shape index (κ2) is 10.8. The van der Waals surface area contributed by atoms with Crippen molar-refractivity contribution in [2.75, 3.05) is 12.8 Å². The third-order valence-electron chi connectivity index (χ3n) is 2.25. The summed E-state index contributed by atoms with van der Waals surface area (Å²) in [5, 5.41) is 12.6. The third kappa shape index (κ3) is 9.83. The molecule has 0 aromatic rings. The highest BCUT2D eigenvalue weighted by Gasteiger charge is 2.01. The van der Waals surface area contributed by atoms with Crippen molar-refractivity contribution in [3.8, 4) is 0 Å². The molecule has 0 aromatic heterocycles. The second-order valence-electron chi connectivity index (χ2n) is 3.68. The zero-order chi connectivity index (χ0) is 12.2. The minimum absolute atomic E-state index is 0.181. The molecule has 0 unspecified atom stereocenters. The Morgan fingerprint density at radius 2 is 1.81 bits per heavy atom. The van der Waals surface area contributed by atoms with Crippen LogP contribution in [0.25, 0.3) is 0 Å². The Balaban J connectivity index is 3.24. The Labute approximate surface area is 102 Å². The molecule has 94 valence electrons. The number of carbonyl (C=O) groups excluding carboxylic acids is 1. The van der Waals surface area contributed by atoms with E-state index in [2.05, 4.69) is 17.6 Å². The summed E-state index contributed by atoms with van der Waals surface area (Å²) in [6, 6.07) is -0.270. The van der Waals surface area contributed by atoms with Gasteiger partial charge in [0, 0.05) is 6.54 Å². The highest BCUT2D eigenvalue weighted by Crippen LogP contribution is 2.03. The van der Waals surface area contributed by atoms with Gasteiger partial charge in [0.05, 0.1) is 0 Å². The molecular weight excluding hydrogens is 222 g/mol. The molecule has 0 aliphatic heterocycles. The standard InChI is InChI=1S/C11H23N3OS/c1-3-4-5-6-7-8-9-13-11(15)14-10(12)16-2/h3-9H2,1-2H3,(H3,12,13,14,15). The Bertz CT molecular complexity index is 209. The van der Waals surface area contributed by atoms with Gasteiger partial charge in [-0.3, -0.25) is 10.7 Å². The predicted octanol–water partition coefficient (Wildman–Crippen LogP) is 2.94. The van der Waals surface area contributed by atoms with E-state index in [1.807, 2.05) is 0 Å². The Kier molecular flexibility index (Phi) is 10.3. The predicted molar refractivity (Wildman–Crippen MR) is 71.2 cm³/mol. The maximum Gasteiger partial charge on any atom is 0.320 e. The first-order valence-electron chi connectivity index (χ1n) is 5.88. The van der Waals surface area contributed by atoms with E-state index in [1.54, 1.807) is 6.26 Å². The second-order valence-corrected chi connectivity index (χ2v) is 4.50. The Morgan fingerprint density at radius 3 is 2.44 bits per heavy atom. The first-order valence-corrected chi connectivity index (χ1v) is 7.10. The molecule has 0 fully saturated rings. The highest BCUT2D eigenvalue weighted by atomic mass is 32.2. The van der Waals surface area contributed by atoms with Gasteiger partial charge in [-0.25, -0.2) is 4.79 Å². The van der Waals surface area contributed by atoms with Crippen LogP contribution in [0.15, 0.2) is 0 Å². The van der Waals surface area contributed by atoms with E-state index in [0.717, 1.165) is 6.42 Å². The van der Waals surface area contributed by atoms with Gasteiger partial charge < -0.3 is 5.32 Å². The van der Waals surface area contributed by atoms with Crippen LogP contribution < -0.4 is 10.6 Å². The van der Waals surface area contributed by atoms with Crippen molar-refractivity contribution in [3.05, 3.63) is 0 Å². The molecule has 2 amide bonds. The quantitative estimate of drug-likeness (QED) is 0.367. The molecule has 0 bridgehead atoms. The SMILES string of the molecule is CCCCCCCCNC(=O)NC(=N)SC. The monoisotopic (exact) mass is 245 g/mol. The van der Waals surface area contributed by atoms with Crippen molar-refractivity contribution in [1.82, 2.24) is 10.6 Å². The summed E-state index contributed by atoms with van der Waals surface area (Å²) in [4.78, 5) is 11.2. The van der Waals surface area contributed by atoms with Crippen molar-refractivity contribution in [3.63, 3.8) is 0 Å². The molecule has 0 saturated carbocycles. The van der Waals surface area contributed by atoms with Gasteiger partial charge in [-0.2, -0.15) is 0 Å². The number of amidine groups is 1. The van der Waals surface area contributed by atoms with E-state index in [-0.39, 0.29) is 11.2 Å². The molecule has 0 spiro atoms. The first kappa shape index (κ1) is 15.3. The number of urea groups is 1. The van der Waals surface area contributed by atoms with Gasteiger partial charge >= 0.3 is 6.03 Å². The lowest BCUT2D eigenvalue weighted by Crippen LogP contribution is -2.38. The van der Waals surface area contributed by atoms with Gasteiger partial charge in [-0.15, -0.1) is 0 Å². The summed E-state index contributed by atoms with van der Waals surface area (Å²) in [7, 11) is 0. The van der Waals surface area contributed by atoms with Crippen molar-refractivity contribution in [1.29, 1.82) is 5.41 Å². The summed E-state index contributed by atoms with van der Waals surface area (Å²) in [5.41, 5.74) is 0. The van der Waals surface area contributed by atoms with E-state index < -0.39 is 0 Å². The molecule has 5 heteroatoms. The summed E-state index contributed by atoms with van der Waals surface area (Å²) in [5.74, 6) is 0. The van der Waals surface area contributed by atoms with E-state index in [9.17, 15) is 4.79 Å². The lowest BCUT2D eigenvalue weighted by molar-refractivity contribution is 0.245. The van der Waals surface area contributed by atoms with Crippen LogP contribution in [0.4, 0.5) is 4.79 Å². The van der Waals surface area contributed by atoms with Crippen LogP contribution in [0.5, 0.6) is 0 Å². The number of hydrogen-bond donors (Lipinski definition) is 3. The topological polar surface area (TPSA) is 65.0 Å². The molecular formula is C11H23N3OS. The zero-order valence-electron chi connectivity index (χ0n) is 10.3. The van der Waals surface area contributed by atoms with Crippen LogP contribution >= 0.6 is 11.8 Å². The largest absolute Gasteiger partial charge is 0.338 e. The molecule has 0 atom stereocenters. The van der Waals surface area contributed by atoms with Crippen molar-refractivity contribution in [2.24, 2.45) is 0 Å². The van der Waals surface area contributed by atoms with Crippen molar-refractivity contribution < 1.29 is 4.79 Å². The van der Waals surface area contributed by atoms with Crippen molar-refractivity contribution >= 4 is 23.0 Å². The van der Waals surface area contributed by atoms with Crippen molar-refractivity contribution in [2.45, 2.75) is 45.4 Å². The summed E-state index contributed by atoms with van der Waals surface area (Å²) < 4.78 is 0. The smallest absolute Gasteiger partial charge is 0.320 e. The molecule has 4 nitrogen and oxygen atoms in total. The minimum atomic E-state index is -0.270. The summed E-state index contributed by atoms with van der Waals surface area (Å²) >= 11 is 1.22. The normalized spacial score (nSPS) is 9.88. The molecule has 0 aliphatic rings. The van der Waals surface area contributed by atoms with Crippen LogP contribution in [0, 0.1) is 5.41 Å². The summed E-state index contributed by atoms with van der Waals surface area (Å²) in [6.45, 7) is 2.90. The maximum atomic E-state index is 11.2. The fourth-order valence-corrected chi connectivity index (χ4v) is 1.50. The van der Waals surface area contributed by atoms with E-state index in [0.29, 0.717) is 6.54 Å². The van der Waals surface area contributed by atoms with E-state index >= 15 is 0 Å². The average Bonchev–Trinajstić information content (AvgIpc) is 2.27. The molecule has 3 N–H and O–H groups in total. The van der Waals surface area contributed by atoms with Crippen LogP contribution in [0.2, 0.25) is 0 Å².